The zero-order valence-electron chi connectivity index (χ0n) is 14.4. The molecule has 1 saturated heterocycles. The van der Waals surface area contributed by atoms with Gasteiger partial charge in [-0.1, -0.05) is 37.3 Å². The zero-order valence-corrected chi connectivity index (χ0v) is 14.4. The Balaban J connectivity index is 1.70. The molecule has 0 bridgehead atoms. The van der Waals surface area contributed by atoms with Crippen molar-refractivity contribution in [2.24, 2.45) is 0 Å². The predicted octanol–water partition coefficient (Wildman–Crippen LogP) is 2.59. The second-order valence-corrected chi connectivity index (χ2v) is 6.52. The van der Waals surface area contributed by atoms with Crippen molar-refractivity contribution in [1.82, 2.24) is 14.7 Å². The number of hydrogen-bond acceptors (Lipinski definition) is 3. The molecule has 3 rings (SSSR count). The summed E-state index contributed by atoms with van der Waals surface area (Å²) in [5, 5.41) is 14.9. The lowest BCUT2D eigenvalue weighted by Gasteiger charge is -2.36. The van der Waals surface area contributed by atoms with E-state index in [1.165, 1.54) is 0 Å². The van der Waals surface area contributed by atoms with Crippen LogP contribution in [0.25, 0.3) is 0 Å². The van der Waals surface area contributed by atoms with E-state index in [0.717, 1.165) is 30.6 Å². The summed E-state index contributed by atoms with van der Waals surface area (Å²) in [6.07, 6.45) is 3.06. The average Bonchev–Trinajstić information content (AvgIpc) is 2.95. The first-order chi connectivity index (χ1) is 11.6. The van der Waals surface area contributed by atoms with E-state index in [1.54, 1.807) is 4.90 Å². The smallest absolute Gasteiger partial charge is 0.257 e. The molecule has 2 heterocycles. The maximum absolute atomic E-state index is 12.8. The number of hydrogen-bond donors (Lipinski definition) is 1. The Morgan fingerprint density at radius 1 is 1.33 bits per heavy atom. The molecule has 24 heavy (non-hydrogen) atoms. The first-order valence-electron chi connectivity index (χ1n) is 8.66. The Morgan fingerprint density at radius 2 is 2.08 bits per heavy atom. The van der Waals surface area contributed by atoms with E-state index in [2.05, 4.69) is 12.0 Å². The summed E-state index contributed by atoms with van der Waals surface area (Å²) in [5.74, 6) is 0.0691. The molecule has 2 atom stereocenters. The van der Waals surface area contributed by atoms with Crippen molar-refractivity contribution in [3.05, 3.63) is 53.3 Å². The minimum atomic E-state index is -0.531. The van der Waals surface area contributed by atoms with Crippen LogP contribution in [0.3, 0.4) is 0 Å². The number of nitrogens with zero attached hydrogens (tertiary/aromatic N) is 3. The van der Waals surface area contributed by atoms with Gasteiger partial charge in [-0.2, -0.15) is 5.10 Å². The fraction of sp³-hybridized carbons (Fsp3) is 0.474. The van der Waals surface area contributed by atoms with Crippen LogP contribution in [0.2, 0.25) is 0 Å². The normalized spacial score (nSPS) is 21.0. The van der Waals surface area contributed by atoms with Gasteiger partial charge in [-0.05, 0) is 25.3 Å². The van der Waals surface area contributed by atoms with Gasteiger partial charge in [-0.3, -0.25) is 9.48 Å². The highest BCUT2D eigenvalue weighted by molar-refractivity contribution is 5.95. The number of piperidine rings is 1. The van der Waals surface area contributed by atoms with Gasteiger partial charge in [-0.25, -0.2) is 0 Å². The van der Waals surface area contributed by atoms with Gasteiger partial charge < -0.3 is 10.0 Å². The summed E-state index contributed by atoms with van der Waals surface area (Å²) in [6.45, 7) is 5.80. The van der Waals surface area contributed by atoms with E-state index in [0.29, 0.717) is 18.7 Å². The highest BCUT2D eigenvalue weighted by atomic mass is 16.3. The van der Waals surface area contributed by atoms with Crippen molar-refractivity contribution in [3.63, 3.8) is 0 Å². The second-order valence-electron chi connectivity index (χ2n) is 6.52. The molecule has 0 aliphatic carbocycles. The number of amides is 1. The monoisotopic (exact) mass is 327 g/mol. The molecule has 1 amide bonds. The molecule has 1 fully saturated rings. The van der Waals surface area contributed by atoms with Gasteiger partial charge in [0.05, 0.1) is 17.4 Å². The Bertz CT molecular complexity index is 696. The second kappa shape index (κ2) is 7.18. The van der Waals surface area contributed by atoms with Crippen molar-refractivity contribution < 1.29 is 9.90 Å². The van der Waals surface area contributed by atoms with Crippen molar-refractivity contribution in [3.8, 4) is 0 Å². The number of benzene rings is 1. The molecule has 5 heteroatoms. The first kappa shape index (κ1) is 16.7. The van der Waals surface area contributed by atoms with E-state index < -0.39 is 6.10 Å². The maximum atomic E-state index is 12.8. The Labute approximate surface area is 142 Å². The zero-order chi connectivity index (χ0) is 17.1. The van der Waals surface area contributed by atoms with Gasteiger partial charge in [0.15, 0.2) is 0 Å². The molecule has 0 unspecified atom stereocenters. The van der Waals surface area contributed by atoms with E-state index >= 15 is 0 Å². The Morgan fingerprint density at radius 3 is 2.75 bits per heavy atom. The lowest BCUT2D eigenvalue weighted by molar-refractivity contribution is 0.0381. The molecule has 128 valence electrons. The van der Waals surface area contributed by atoms with Crippen LogP contribution in [-0.4, -0.2) is 44.9 Å². The molecule has 0 radical (unpaired) electrons. The minimum Gasteiger partial charge on any atom is -0.391 e. The summed E-state index contributed by atoms with van der Waals surface area (Å²) >= 11 is 0. The molecule has 2 aromatic rings. The highest BCUT2D eigenvalue weighted by Gasteiger charge is 2.32. The summed E-state index contributed by atoms with van der Waals surface area (Å²) < 4.78 is 1.83. The van der Waals surface area contributed by atoms with Gasteiger partial charge in [0.25, 0.3) is 5.91 Å². The largest absolute Gasteiger partial charge is 0.391 e. The Kier molecular flexibility index (Phi) is 5.00. The average molecular weight is 327 g/mol. The van der Waals surface area contributed by atoms with E-state index in [-0.39, 0.29) is 11.8 Å². The van der Waals surface area contributed by atoms with Crippen molar-refractivity contribution >= 4 is 5.91 Å². The SMILES string of the molecule is CCCn1cc(C(=O)N2CC[C@@H](c3ccccc3)[C@H](O)C2)c(C)n1. The van der Waals surface area contributed by atoms with Crippen LogP contribution in [-0.2, 0) is 6.54 Å². The van der Waals surface area contributed by atoms with Crippen LogP contribution in [0.5, 0.6) is 0 Å². The maximum Gasteiger partial charge on any atom is 0.257 e. The van der Waals surface area contributed by atoms with E-state index in [9.17, 15) is 9.90 Å². The van der Waals surface area contributed by atoms with Gasteiger partial charge >= 0.3 is 0 Å². The van der Waals surface area contributed by atoms with Crippen molar-refractivity contribution in [2.75, 3.05) is 13.1 Å². The third kappa shape index (κ3) is 3.36. The number of aliphatic hydroxyl groups excluding tert-OH is 1. The van der Waals surface area contributed by atoms with E-state index in [4.69, 9.17) is 0 Å². The summed E-state index contributed by atoms with van der Waals surface area (Å²) in [6, 6.07) is 10.1. The fourth-order valence-corrected chi connectivity index (χ4v) is 3.45. The van der Waals surface area contributed by atoms with Crippen LogP contribution in [0.15, 0.2) is 36.5 Å². The molecule has 0 saturated carbocycles. The molecule has 0 spiro atoms. The molecule has 1 aromatic heterocycles. The van der Waals surface area contributed by atoms with E-state index in [1.807, 2.05) is 48.1 Å². The third-order valence-corrected chi connectivity index (χ3v) is 4.73. The molecular weight excluding hydrogens is 302 g/mol. The minimum absolute atomic E-state index is 0.0274. The molecule has 1 aliphatic rings. The topological polar surface area (TPSA) is 58.4 Å². The number of aliphatic hydroxyl groups is 1. The number of β-amino-alcohol motifs (C(OH)–C–C–N with tert-alkyl or cyclic N) is 1. The van der Waals surface area contributed by atoms with Crippen LogP contribution in [0.4, 0.5) is 0 Å². The fourth-order valence-electron chi connectivity index (χ4n) is 3.45. The third-order valence-electron chi connectivity index (χ3n) is 4.73. The van der Waals surface area contributed by atoms with Gasteiger partial charge in [0.2, 0.25) is 0 Å². The molecule has 1 aliphatic heterocycles. The molecule has 1 N–H and O–H groups in total. The van der Waals surface area contributed by atoms with Gasteiger partial charge in [-0.15, -0.1) is 0 Å². The van der Waals surface area contributed by atoms with Crippen molar-refractivity contribution in [1.29, 1.82) is 0 Å². The predicted molar refractivity (Wildman–Crippen MR) is 93.0 cm³/mol. The highest BCUT2D eigenvalue weighted by Crippen LogP contribution is 2.29. The standard InChI is InChI=1S/C19H25N3O2/c1-3-10-22-12-17(14(2)20-22)19(24)21-11-9-16(18(23)13-21)15-7-5-4-6-8-15/h4-8,12,16,18,23H,3,9-11,13H2,1-2H3/t16-,18+/m0/s1. The van der Waals surface area contributed by atoms with Crippen molar-refractivity contribution in [2.45, 2.75) is 45.3 Å². The number of carbonyl (C=O) groups is 1. The van der Waals surface area contributed by atoms with Gasteiger partial charge in [0, 0.05) is 31.7 Å². The molecule has 5 nitrogen and oxygen atoms in total. The van der Waals surface area contributed by atoms with Crippen LogP contribution >= 0.6 is 0 Å². The number of rotatable bonds is 4. The first-order valence-corrected chi connectivity index (χ1v) is 8.66. The summed E-state index contributed by atoms with van der Waals surface area (Å²) in [4.78, 5) is 14.5. The Hall–Kier alpha value is -2.14. The lowest BCUT2D eigenvalue weighted by atomic mass is 9.87. The number of carbonyl (C=O) groups excluding carboxylic acids is 1. The molecular formula is C19H25N3O2. The number of aromatic nitrogens is 2. The summed E-state index contributed by atoms with van der Waals surface area (Å²) in [5.41, 5.74) is 2.55. The number of aryl methyl sites for hydroxylation is 2. The van der Waals surface area contributed by atoms with Crippen LogP contribution in [0, 0.1) is 6.92 Å². The molecule has 1 aromatic carbocycles. The quantitative estimate of drug-likeness (QED) is 0.939. The van der Waals surface area contributed by atoms with Crippen LogP contribution in [0.1, 0.15) is 47.3 Å². The van der Waals surface area contributed by atoms with Gasteiger partial charge in [0.1, 0.15) is 0 Å². The summed E-state index contributed by atoms with van der Waals surface area (Å²) in [7, 11) is 0. The number of likely N-dealkylation sites (tertiary alicyclic amines) is 1. The lowest BCUT2D eigenvalue weighted by Crippen LogP contribution is -2.45. The van der Waals surface area contributed by atoms with Crippen LogP contribution < -0.4 is 0 Å².